The van der Waals surface area contributed by atoms with E-state index in [0.29, 0.717) is 13.2 Å². The second-order valence-corrected chi connectivity index (χ2v) is 3.25. The van der Waals surface area contributed by atoms with Gasteiger partial charge in [-0.15, -0.1) is 11.6 Å². The molecule has 1 N–H and O–H groups in total. The van der Waals surface area contributed by atoms with Crippen LogP contribution in [0.1, 0.15) is 0 Å². The Morgan fingerprint density at radius 2 is 2.29 bits per heavy atom. The zero-order valence-electron chi connectivity index (χ0n) is 7.79. The zero-order valence-corrected chi connectivity index (χ0v) is 8.54. The fraction of sp³-hybridized carbons (Fsp3) is 0.750. The number of amides is 1. The highest BCUT2D eigenvalue weighted by Crippen LogP contribution is 2.15. The van der Waals surface area contributed by atoms with E-state index in [4.69, 9.17) is 16.3 Å². The monoisotopic (exact) mass is 221 g/mol. The SMILES string of the molecule is COC(=O)NC1COCC1C(=O)CCl. The van der Waals surface area contributed by atoms with Crippen LogP contribution >= 0.6 is 11.6 Å². The van der Waals surface area contributed by atoms with Gasteiger partial charge in [-0.2, -0.15) is 0 Å². The van der Waals surface area contributed by atoms with E-state index in [-0.39, 0.29) is 23.6 Å². The molecule has 0 radical (unpaired) electrons. The predicted octanol–water partition coefficient (Wildman–Crippen LogP) is 0.165. The van der Waals surface area contributed by atoms with Crippen LogP contribution in [0.2, 0.25) is 0 Å². The van der Waals surface area contributed by atoms with E-state index in [1.807, 2.05) is 0 Å². The van der Waals surface area contributed by atoms with Gasteiger partial charge in [0.05, 0.1) is 38.2 Å². The topological polar surface area (TPSA) is 64.6 Å². The Kier molecular flexibility index (Phi) is 4.16. The minimum absolute atomic E-state index is 0.0621. The van der Waals surface area contributed by atoms with E-state index >= 15 is 0 Å². The molecule has 0 aromatic heterocycles. The molecule has 1 fully saturated rings. The molecule has 80 valence electrons. The normalized spacial score (nSPS) is 25.9. The first kappa shape index (κ1) is 11.3. The van der Waals surface area contributed by atoms with Gasteiger partial charge in [0.1, 0.15) is 0 Å². The van der Waals surface area contributed by atoms with Gasteiger partial charge in [0, 0.05) is 0 Å². The minimum Gasteiger partial charge on any atom is -0.453 e. The Bertz CT molecular complexity index is 233. The predicted molar refractivity (Wildman–Crippen MR) is 49.4 cm³/mol. The third-order valence-electron chi connectivity index (χ3n) is 2.11. The summed E-state index contributed by atoms with van der Waals surface area (Å²) in [6.45, 7) is 0.628. The summed E-state index contributed by atoms with van der Waals surface area (Å²) in [5, 5.41) is 2.53. The lowest BCUT2D eigenvalue weighted by Gasteiger charge is -2.15. The number of carbonyl (C=O) groups is 2. The number of alkyl halides is 1. The van der Waals surface area contributed by atoms with Gasteiger partial charge in [-0.1, -0.05) is 0 Å². The van der Waals surface area contributed by atoms with Gasteiger partial charge >= 0.3 is 6.09 Å². The van der Waals surface area contributed by atoms with Gasteiger partial charge in [-0.25, -0.2) is 4.79 Å². The van der Waals surface area contributed by atoms with Crippen LogP contribution in [-0.4, -0.2) is 44.1 Å². The van der Waals surface area contributed by atoms with Crippen LogP contribution in [0.15, 0.2) is 0 Å². The number of hydrogen-bond donors (Lipinski definition) is 1. The number of ether oxygens (including phenoxy) is 2. The fourth-order valence-corrected chi connectivity index (χ4v) is 1.52. The number of ketones is 1. The molecule has 0 aliphatic carbocycles. The number of methoxy groups -OCH3 is 1. The summed E-state index contributed by atoms with van der Waals surface area (Å²) in [5.74, 6) is -0.537. The molecule has 0 aromatic carbocycles. The molecule has 5 nitrogen and oxygen atoms in total. The van der Waals surface area contributed by atoms with Gasteiger partial charge in [-0.05, 0) is 0 Å². The van der Waals surface area contributed by atoms with Crippen LogP contribution in [0.3, 0.4) is 0 Å². The average molecular weight is 222 g/mol. The van der Waals surface area contributed by atoms with Crippen molar-refractivity contribution in [3.63, 3.8) is 0 Å². The number of carbonyl (C=O) groups excluding carboxylic acids is 2. The van der Waals surface area contributed by atoms with Crippen LogP contribution in [0.5, 0.6) is 0 Å². The van der Waals surface area contributed by atoms with Gasteiger partial charge < -0.3 is 14.8 Å². The second kappa shape index (κ2) is 5.17. The Balaban J connectivity index is 2.51. The van der Waals surface area contributed by atoms with E-state index < -0.39 is 6.09 Å². The molecule has 2 unspecified atom stereocenters. The summed E-state index contributed by atoms with van der Waals surface area (Å²) in [6, 6.07) is -0.325. The summed E-state index contributed by atoms with van der Waals surface area (Å²) in [4.78, 5) is 22.2. The summed E-state index contributed by atoms with van der Waals surface area (Å²) in [6.07, 6.45) is -0.562. The number of hydrogen-bond acceptors (Lipinski definition) is 4. The number of rotatable bonds is 3. The molecule has 1 saturated heterocycles. The smallest absolute Gasteiger partial charge is 0.407 e. The molecular formula is C8H12ClNO4. The van der Waals surface area contributed by atoms with Gasteiger partial charge in [0.15, 0.2) is 5.78 Å². The van der Waals surface area contributed by atoms with Crippen molar-refractivity contribution in [1.29, 1.82) is 0 Å². The van der Waals surface area contributed by atoms with Crippen molar-refractivity contribution in [2.24, 2.45) is 5.92 Å². The van der Waals surface area contributed by atoms with Crippen LogP contribution in [0, 0.1) is 5.92 Å². The van der Waals surface area contributed by atoms with Crippen LogP contribution < -0.4 is 5.32 Å². The largest absolute Gasteiger partial charge is 0.453 e. The first-order valence-corrected chi connectivity index (χ1v) is 4.73. The van der Waals surface area contributed by atoms with Crippen molar-refractivity contribution < 1.29 is 19.1 Å². The van der Waals surface area contributed by atoms with E-state index in [1.165, 1.54) is 7.11 Å². The summed E-state index contributed by atoms with van der Waals surface area (Å²) in [5.41, 5.74) is 0. The van der Waals surface area contributed by atoms with E-state index in [2.05, 4.69) is 10.1 Å². The number of Topliss-reactive ketones (excluding diaryl/α,β-unsaturated/α-hetero) is 1. The average Bonchev–Trinajstić information content (AvgIpc) is 2.64. The minimum atomic E-state index is -0.562. The third kappa shape index (κ3) is 2.59. The summed E-state index contributed by atoms with van der Waals surface area (Å²) < 4.78 is 9.51. The Morgan fingerprint density at radius 3 is 2.86 bits per heavy atom. The Morgan fingerprint density at radius 1 is 1.57 bits per heavy atom. The molecule has 1 aliphatic rings. The lowest BCUT2D eigenvalue weighted by molar-refractivity contribution is -0.120. The van der Waals surface area contributed by atoms with Gasteiger partial charge in [0.25, 0.3) is 0 Å². The standard InChI is InChI=1S/C8H12ClNO4/c1-13-8(12)10-6-4-14-3-5(6)7(11)2-9/h5-6H,2-4H2,1H3,(H,10,12). The summed E-state index contributed by atoms with van der Waals surface area (Å²) in [7, 11) is 1.27. The maximum atomic E-state index is 11.3. The van der Waals surface area contributed by atoms with Crippen LogP contribution in [0.25, 0.3) is 0 Å². The van der Waals surface area contributed by atoms with Crippen molar-refractivity contribution in [3.8, 4) is 0 Å². The third-order valence-corrected chi connectivity index (χ3v) is 2.38. The van der Waals surface area contributed by atoms with Gasteiger partial charge in [0.2, 0.25) is 0 Å². The molecule has 0 spiro atoms. The van der Waals surface area contributed by atoms with Crippen molar-refractivity contribution in [1.82, 2.24) is 5.32 Å². The second-order valence-electron chi connectivity index (χ2n) is 2.99. The highest BCUT2D eigenvalue weighted by Gasteiger charge is 2.34. The first-order valence-electron chi connectivity index (χ1n) is 4.20. The highest BCUT2D eigenvalue weighted by atomic mass is 35.5. The molecule has 1 amide bonds. The molecular weight excluding hydrogens is 210 g/mol. The molecule has 1 heterocycles. The van der Waals surface area contributed by atoms with Crippen molar-refractivity contribution in [2.45, 2.75) is 6.04 Å². The van der Waals surface area contributed by atoms with Crippen molar-refractivity contribution in [2.75, 3.05) is 26.2 Å². The fourth-order valence-electron chi connectivity index (χ4n) is 1.32. The molecule has 1 aliphatic heterocycles. The number of halogens is 1. The number of nitrogens with one attached hydrogen (secondary N) is 1. The maximum absolute atomic E-state index is 11.3. The van der Waals surface area contributed by atoms with E-state index in [9.17, 15) is 9.59 Å². The van der Waals surface area contributed by atoms with Crippen molar-refractivity contribution >= 4 is 23.5 Å². The lowest BCUT2D eigenvalue weighted by Crippen LogP contribution is -2.43. The van der Waals surface area contributed by atoms with E-state index in [1.54, 1.807) is 0 Å². The lowest BCUT2D eigenvalue weighted by atomic mass is 10.00. The summed E-state index contributed by atoms with van der Waals surface area (Å²) >= 11 is 5.42. The molecule has 14 heavy (non-hydrogen) atoms. The number of alkyl carbamates (subject to hydrolysis) is 1. The zero-order chi connectivity index (χ0) is 10.6. The molecule has 0 bridgehead atoms. The maximum Gasteiger partial charge on any atom is 0.407 e. The van der Waals surface area contributed by atoms with E-state index in [0.717, 1.165) is 0 Å². The molecule has 2 atom stereocenters. The van der Waals surface area contributed by atoms with Crippen LogP contribution in [-0.2, 0) is 14.3 Å². The molecule has 6 heteroatoms. The van der Waals surface area contributed by atoms with Crippen LogP contribution in [0.4, 0.5) is 4.79 Å². The highest BCUT2D eigenvalue weighted by molar-refractivity contribution is 6.28. The quantitative estimate of drug-likeness (QED) is 0.690. The molecule has 0 aromatic rings. The van der Waals surface area contributed by atoms with Crippen molar-refractivity contribution in [3.05, 3.63) is 0 Å². The Labute approximate surface area is 86.7 Å². The Hall–Kier alpha value is -0.810. The van der Waals surface area contributed by atoms with Gasteiger partial charge in [-0.3, -0.25) is 4.79 Å². The molecule has 1 rings (SSSR count). The molecule has 0 saturated carbocycles. The first-order chi connectivity index (χ1) is 6.69.